The van der Waals surface area contributed by atoms with Crippen LogP contribution in [0.2, 0.25) is 0 Å². The smallest absolute Gasteiger partial charge is 0.282 e. The summed E-state index contributed by atoms with van der Waals surface area (Å²) in [6.07, 6.45) is 0. The molecule has 0 spiro atoms. The van der Waals surface area contributed by atoms with Gasteiger partial charge in [0.15, 0.2) is 0 Å². The molecule has 0 saturated carbocycles. The highest BCUT2D eigenvalue weighted by atomic mass is 16.5. The molecule has 4 rings (SSSR count). The quantitative estimate of drug-likeness (QED) is 0.749. The van der Waals surface area contributed by atoms with Crippen LogP contribution in [0.15, 0.2) is 48.2 Å². The largest absolute Gasteiger partial charge is 0.496 e. The molecular formula is C23H24N2O4. The van der Waals surface area contributed by atoms with Crippen LogP contribution in [0.3, 0.4) is 0 Å². The minimum Gasteiger partial charge on any atom is -0.496 e. The molecule has 2 heterocycles. The van der Waals surface area contributed by atoms with Crippen LogP contribution in [-0.4, -0.2) is 50.1 Å². The number of para-hydroxylation sites is 1. The van der Waals surface area contributed by atoms with E-state index in [9.17, 15) is 9.59 Å². The molecule has 0 N–H and O–H groups in total. The zero-order valence-electron chi connectivity index (χ0n) is 16.9. The standard InChI is InChI=1S/C23H24N2O4/c1-15-8-9-17(14-16(15)2)25-22(26)20(18-6-4-5-7-19(18)28-3)21(23(25)27)24-10-12-29-13-11-24/h4-9,14H,10-13H2,1-3H3. The number of carbonyl (C=O) groups excluding carboxylic acids is 2. The summed E-state index contributed by atoms with van der Waals surface area (Å²) in [7, 11) is 1.57. The van der Waals surface area contributed by atoms with Crippen molar-refractivity contribution in [3.8, 4) is 5.75 Å². The van der Waals surface area contributed by atoms with Crippen LogP contribution >= 0.6 is 0 Å². The molecule has 0 atom stereocenters. The third kappa shape index (κ3) is 3.29. The Morgan fingerprint density at radius 3 is 2.34 bits per heavy atom. The number of nitrogens with zero attached hydrogens (tertiary/aromatic N) is 2. The summed E-state index contributed by atoms with van der Waals surface area (Å²) < 4.78 is 10.9. The topological polar surface area (TPSA) is 59.1 Å². The van der Waals surface area contributed by atoms with Gasteiger partial charge in [-0.3, -0.25) is 9.59 Å². The number of aryl methyl sites for hydroxylation is 2. The summed E-state index contributed by atoms with van der Waals surface area (Å²) in [6, 6.07) is 12.9. The van der Waals surface area contributed by atoms with E-state index in [0.29, 0.717) is 54.6 Å². The van der Waals surface area contributed by atoms with E-state index in [0.717, 1.165) is 11.1 Å². The second-order valence-electron chi connectivity index (χ2n) is 7.24. The van der Waals surface area contributed by atoms with Crippen LogP contribution in [0, 0.1) is 13.8 Å². The van der Waals surface area contributed by atoms with Crippen LogP contribution in [0.1, 0.15) is 16.7 Å². The summed E-state index contributed by atoms with van der Waals surface area (Å²) >= 11 is 0. The number of amides is 2. The van der Waals surface area contributed by atoms with Crippen molar-refractivity contribution in [3.05, 3.63) is 64.9 Å². The van der Waals surface area contributed by atoms with Crippen LogP contribution < -0.4 is 9.64 Å². The number of imide groups is 1. The average molecular weight is 392 g/mol. The lowest BCUT2D eigenvalue weighted by Crippen LogP contribution is -2.40. The maximum Gasteiger partial charge on any atom is 0.282 e. The summed E-state index contributed by atoms with van der Waals surface area (Å²) in [6.45, 7) is 6.15. The summed E-state index contributed by atoms with van der Waals surface area (Å²) in [5.41, 5.74) is 4.15. The van der Waals surface area contributed by atoms with Gasteiger partial charge in [-0.25, -0.2) is 4.90 Å². The summed E-state index contributed by atoms with van der Waals surface area (Å²) in [5.74, 6) is -0.0679. The highest BCUT2D eigenvalue weighted by Crippen LogP contribution is 2.38. The van der Waals surface area contributed by atoms with Gasteiger partial charge in [0, 0.05) is 18.7 Å². The second kappa shape index (κ2) is 7.72. The molecule has 2 amide bonds. The molecule has 2 aromatic carbocycles. The first-order valence-corrected chi connectivity index (χ1v) is 9.69. The average Bonchev–Trinajstić information content (AvgIpc) is 3.00. The maximum atomic E-state index is 13.6. The number of hydrogen-bond acceptors (Lipinski definition) is 5. The summed E-state index contributed by atoms with van der Waals surface area (Å²) in [5, 5.41) is 0. The predicted octanol–water partition coefficient (Wildman–Crippen LogP) is 2.93. The molecule has 2 aromatic rings. The monoisotopic (exact) mass is 392 g/mol. The molecule has 2 aliphatic heterocycles. The Kier molecular flexibility index (Phi) is 5.11. The molecule has 1 fully saturated rings. The van der Waals surface area contributed by atoms with Gasteiger partial charge < -0.3 is 14.4 Å². The fourth-order valence-corrected chi connectivity index (χ4v) is 3.79. The molecule has 29 heavy (non-hydrogen) atoms. The number of morpholine rings is 1. The van der Waals surface area contributed by atoms with Crippen molar-refractivity contribution in [1.82, 2.24) is 4.90 Å². The van der Waals surface area contributed by atoms with E-state index in [1.54, 1.807) is 13.2 Å². The van der Waals surface area contributed by atoms with E-state index in [1.165, 1.54) is 4.90 Å². The van der Waals surface area contributed by atoms with Crippen molar-refractivity contribution in [2.75, 3.05) is 38.3 Å². The maximum absolute atomic E-state index is 13.6. The molecular weight excluding hydrogens is 368 g/mol. The normalized spacial score (nSPS) is 17.3. The van der Waals surface area contributed by atoms with Crippen LogP contribution in [0.5, 0.6) is 5.75 Å². The van der Waals surface area contributed by atoms with Gasteiger partial charge in [-0.1, -0.05) is 24.3 Å². The molecule has 0 unspecified atom stereocenters. The van der Waals surface area contributed by atoms with E-state index in [4.69, 9.17) is 9.47 Å². The van der Waals surface area contributed by atoms with Gasteiger partial charge in [0.2, 0.25) is 0 Å². The Hall–Kier alpha value is -3.12. The van der Waals surface area contributed by atoms with E-state index in [2.05, 4.69) is 0 Å². The van der Waals surface area contributed by atoms with Crippen molar-refractivity contribution >= 4 is 23.1 Å². The molecule has 6 nitrogen and oxygen atoms in total. The van der Waals surface area contributed by atoms with Gasteiger partial charge in [-0.2, -0.15) is 0 Å². The lowest BCUT2D eigenvalue weighted by Gasteiger charge is -2.29. The fraction of sp³-hybridized carbons (Fsp3) is 0.304. The Morgan fingerprint density at radius 2 is 1.66 bits per heavy atom. The highest BCUT2D eigenvalue weighted by molar-refractivity contribution is 6.45. The molecule has 0 bridgehead atoms. The number of benzene rings is 2. The van der Waals surface area contributed by atoms with Crippen LogP contribution in [-0.2, 0) is 14.3 Å². The van der Waals surface area contributed by atoms with E-state index in [1.807, 2.05) is 55.1 Å². The minimum atomic E-state index is -0.329. The Labute approximate surface area is 170 Å². The molecule has 150 valence electrons. The van der Waals surface area contributed by atoms with Crippen molar-refractivity contribution in [2.24, 2.45) is 0 Å². The van der Waals surface area contributed by atoms with Crippen molar-refractivity contribution < 1.29 is 19.1 Å². The number of carbonyl (C=O) groups is 2. The first-order chi connectivity index (χ1) is 14.0. The number of anilines is 1. The van der Waals surface area contributed by atoms with E-state index in [-0.39, 0.29) is 11.8 Å². The van der Waals surface area contributed by atoms with E-state index < -0.39 is 0 Å². The molecule has 0 aromatic heterocycles. The number of ether oxygens (including phenoxy) is 2. The SMILES string of the molecule is COc1ccccc1C1=C(N2CCOCC2)C(=O)N(c2ccc(C)c(C)c2)C1=O. The van der Waals surface area contributed by atoms with Crippen LogP contribution in [0.25, 0.3) is 5.57 Å². The third-order valence-electron chi connectivity index (χ3n) is 5.51. The lowest BCUT2D eigenvalue weighted by molar-refractivity contribution is -0.121. The zero-order chi connectivity index (χ0) is 20.5. The summed E-state index contributed by atoms with van der Waals surface area (Å²) in [4.78, 5) is 30.3. The second-order valence-corrected chi connectivity index (χ2v) is 7.24. The van der Waals surface area contributed by atoms with Gasteiger partial charge in [-0.05, 0) is 43.2 Å². The molecule has 0 radical (unpaired) electrons. The van der Waals surface area contributed by atoms with Gasteiger partial charge in [0.05, 0.1) is 31.6 Å². The Morgan fingerprint density at radius 1 is 0.931 bits per heavy atom. The van der Waals surface area contributed by atoms with Crippen molar-refractivity contribution in [2.45, 2.75) is 13.8 Å². The molecule has 0 aliphatic carbocycles. The number of methoxy groups -OCH3 is 1. The Bertz CT molecular complexity index is 1010. The van der Waals surface area contributed by atoms with Gasteiger partial charge in [-0.15, -0.1) is 0 Å². The number of rotatable bonds is 4. The number of hydrogen-bond donors (Lipinski definition) is 0. The molecule has 1 saturated heterocycles. The third-order valence-corrected chi connectivity index (χ3v) is 5.51. The van der Waals surface area contributed by atoms with Gasteiger partial charge in [0.25, 0.3) is 11.8 Å². The highest BCUT2D eigenvalue weighted by Gasteiger charge is 2.43. The van der Waals surface area contributed by atoms with Gasteiger partial charge >= 0.3 is 0 Å². The van der Waals surface area contributed by atoms with E-state index >= 15 is 0 Å². The molecule has 2 aliphatic rings. The first kappa shape index (κ1) is 19.2. The predicted molar refractivity (Wildman–Crippen MR) is 111 cm³/mol. The Balaban J connectivity index is 1.87. The lowest BCUT2D eigenvalue weighted by atomic mass is 10.0. The first-order valence-electron chi connectivity index (χ1n) is 9.69. The van der Waals surface area contributed by atoms with Crippen LogP contribution in [0.4, 0.5) is 5.69 Å². The van der Waals surface area contributed by atoms with Crippen molar-refractivity contribution in [1.29, 1.82) is 0 Å². The minimum absolute atomic E-state index is 0.305. The fourth-order valence-electron chi connectivity index (χ4n) is 3.79. The molecule has 6 heteroatoms. The van der Waals surface area contributed by atoms with Crippen molar-refractivity contribution in [3.63, 3.8) is 0 Å². The van der Waals surface area contributed by atoms with Gasteiger partial charge in [0.1, 0.15) is 11.4 Å². The zero-order valence-corrected chi connectivity index (χ0v) is 16.9.